The molecule has 0 unspecified atom stereocenters. The van der Waals surface area contributed by atoms with E-state index >= 15 is 0 Å². The number of hydrogen-bond donors (Lipinski definition) is 0. The molecule has 0 radical (unpaired) electrons. The van der Waals surface area contributed by atoms with E-state index in [1.165, 1.54) is 0 Å². The number of hydrogen-bond acceptors (Lipinski definition) is 3. The van der Waals surface area contributed by atoms with Crippen molar-refractivity contribution in [2.45, 2.75) is 13.8 Å². The summed E-state index contributed by atoms with van der Waals surface area (Å²) in [5.41, 5.74) is 1.98. The Labute approximate surface area is 124 Å². The lowest BCUT2D eigenvalue weighted by atomic mass is 10.2. The minimum absolute atomic E-state index is 0.214. The molecule has 0 amide bonds. The van der Waals surface area contributed by atoms with Gasteiger partial charge in [-0.1, -0.05) is 35.4 Å². The van der Waals surface area contributed by atoms with Crippen LogP contribution in [0, 0.1) is 13.8 Å². The average Bonchev–Trinajstić information content (AvgIpc) is 2.44. The predicted octanol–water partition coefficient (Wildman–Crippen LogP) is 5.15. The van der Waals surface area contributed by atoms with Gasteiger partial charge in [-0.05, 0) is 38.1 Å². The van der Waals surface area contributed by atoms with Crippen LogP contribution in [0.4, 0.5) is 0 Å². The van der Waals surface area contributed by atoms with Crippen LogP contribution in [0.25, 0.3) is 0 Å². The van der Waals surface area contributed by atoms with Gasteiger partial charge in [0.1, 0.15) is 17.1 Å². The molecule has 0 aromatic heterocycles. The zero-order valence-electron chi connectivity index (χ0n) is 11.4. The molecule has 0 spiro atoms. The molecule has 5 heteroatoms. The summed E-state index contributed by atoms with van der Waals surface area (Å²) in [6, 6.07) is 14.5. The van der Waals surface area contributed by atoms with Gasteiger partial charge in [0.25, 0.3) is 0 Å². The average molecular weight is 311 g/mol. The zero-order valence-corrected chi connectivity index (χ0v) is 13.0. The van der Waals surface area contributed by atoms with Gasteiger partial charge in [-0.25, -0.2) is 4.57 Å². The Balaban J connectivity index is 2.14. The first-order chi connectivity index (χ1) is 9.50. The van der Waals surface area contributed by atoms with Crippen LogP contribution < -0.4 is 9.05 Å². The van der Waals surface area contributed by atoms with Gasteiger partial charge in [-0.15, -0.1) is 11.6 Å². The van der Waals surface area contributed by atoms with E-state index in [4.69, 9.17) is 20.6 Å². The predicted molar refractivity (Wildman–Crippen MR) is 81.9 cm³/mol. The quantitative estimate of drug-likeness (QED) is 0.566. The van der Waals surface area contributed by atoms with Gasteiger partial charge in [-0.3, -0.25) is 0 Å². The molecule has 0 aliphatic rings. The van der Waals surface area contributed by atoms with Crippen molar-refractivity contribution in [3.05, 3.63) is 59.7 Å². The fourth-order valence-corrected chi connectivity index (χ4v) is 2.90. The molecule has 2 aromatic carbocycles. The van der Waals surface area contributed by atoms with Crippen molar-refractivity contribution in [2.24, 2.45) is 0 Å². The standard InChI is InChI=1S/C15H16ClO3P/c1-12-3-7-14(8-4-12)18-20(17,11-16)19-15-9-5-13(2)6-10-15/h3-10H,11H2,1-2H3. The van der Waals surface area contributed by atoms with Gasteiger partial charge in [0.15, 0.2) is 0 Å². The first kappa shape index (κ1) is 15.0. The van der Waals surface area contributed by atoms with Gasteiger partial charge in [0.2, 0.25) is 0 Å². The largest absolute Gasteiger partial charge is 0.445 e. The third-order valence-corrected chi connectivity index (χ3v) is 4.83. The van der Waals surface area contributed by atoms with E-state index in [0.29, 0.717) is 11.5 Å². The maximum Gasteiger partial charge on any atom is 0.445 e. The topological polar surface area (TPSA) is 35.5 Å². The molecule has 0 N–H and O–H groups in total. The van der Waals surface area contributed by atoms with Crippen LogP contribution in [0.2, 0.25) is 0 Å². The summed E-state index contributed by atoms with van der Waals surface area (Å²) in [5.74, 6) is 0.957. The Morgan fingerprint density at radius 1 is 0.850 bits per heavy atom. The molecule has 106 valence electrons. The SMILES string of the molecule is Cc1ccc(OP(=O)(CCl)Oc2ccc(C)cc2)cc1. The maximum absolute atomic E-state index is 12.5. The van der Waals surface area contributed by atoms with Crippen molar-refractivity contribution in [3.8, 4) is 11.5 Å². The van der Waals surface area contributed by atoms with E-state index < -0.39 is 7.60 Å². The van der Waals surface area contributed by atoms with E-state index in [9.17, 15) is 4.57 Å². The Kier molecular flexibility index (Phi) is 4.74. The van der Waals surface area contributed by atoms with E-state index in [0.717, 1.165) is 11.1 Å². The highest BCUT2D eigenvalue weighted by atomic mass is 35.5. The molecular weight excluding hydrogens is 295 g/mol. The molecule has 0 fully saturated rings. The lowest BCUT2D eigenvalue weighted by Crippen LogP contribution is -2.02. The number of halogens is 1. The zero-order chi connectivity index (χ0) is 14.6. The first-order valence-corrected chi connectivity index (χ1v) is 8.44. The Morgan fingerprint density at radius 2 is 1.20 bits per heavy atom. The summed E-state index contributed by atoms with van der Waals surface area (Å²) >= 11 is 5.76. The lowest BCUT2D eigenvalue weighted by molar-refractivity contribution is 0.391. The smallest absolute Gasteiger partial charge is 0.415 e. The van der Waals surface area contributed by atoms with Crippen LogP contribution in [0.1, 0.15) is 11.1 Å². The van der Waals surface area contributed by atoms with E-state index in [1.54, 1.807) is 24.3 Å². The van der Waals surface area contributed by atoms with Gasteiger partial charge in [0, 0.05) is 0 Å². The highest BCUT2D eigenvalue weighted by molar-refractivity contribution is 7.56. The molecule has 0 bridgehead atoms. The molecule has 0 saturated carbocycles. The summed E-state index contributed by atoms with van der Waals surface area (Å²) in [5, 5.41) is 0. The third-order valence-electron chi connectivity index (χ3n) is 2.68. The molecule has 3 nitrogen and oxygen atoms in total. The van der Waals surface area contributed by atoms with Gasteiger partial charge < -0.3 is 9.05 Å². The second-order valence-electron chi connectivity index (χ2n) is 4.54. The summed E-state index contributed by atoms with van der Waals surface area (Å²) < 4.78 is 23.4. The highest BCUT2D eigenvalue weighted by Crippen LogP contribution is 2.49. The van der Waals surface area contributed by atoms with Crippen LogP contribution in [0.3, 0.4) is 0 Å². The van der Waals surface area contributed by atoms with E-state index in [1.807, 2.05) is 38.1 Å². The normalized spacial score (nSPS) is 11.2. The molecule has 0 saturated heterocycles. The second-order valence-corrected chi connectivity index (χ2v) is 7.08. The molecule has 0 aliphatic heterocycles. The van der Waals surface area contributed by atoms with E-state index in [-0.39, 0.29) is 5.62 Å². The number of rotatable bonds is 5. The highest BCUT2D eigenvalue weighted by Gasteiger charge is 2.26. The summed E-state index contributed by atoms with van der Waals surface area (Å²) in [6.07, 6.45) is 0. The van der Waals surface area contributed by atoms with Crippen LogP contribution >= 0.6 is 19.2 Å². The van der Waals surface area contributed by atoms with Crippen molar-refractivity contribution in [1.29, 1.82) is 0 Å². The first-order valence-electron chi connectivity index (χ1n) is 6.18. The molecule has 20 heavy (non-hydrogen) atoms. The van der Waals surface area contributed by atoms with Gasteiger partial charge in [-0.2, -0.15) is 0 Å². The van der Waals surface area contributed by atoms with Crippen molar-refractivity contribution in [1.82, 2.24) is 0 Å². The van der Waals surface area contributed by atoms with Crippen molar-refractivity contribution < 1.29 is 13.6 Å². The summed E-state index contributed by atoms with van der Waals surface area (Å²) in [7, 11) is -3.41. The van der Waals surface area contributed by atoms with Gasteiger partial charge in [0.05, 0.1) is 0 Å². The number of aryl methyl sites for hydroxylation is 2. The van der Waals surface area contributed by atoms with Crippen LogP contribution in [0.5, 0.6) is 11.5 Å². The maximum atomic E-state index is 12.5. The van der Waals surface area contributed by atoms with Crippen molar-refractivity contribution in [2.75, 3.05) is 5.62 Å². The van der Waals surface area contributed by atoms with Gasteiger partial charge >= 0.3 is 7.60 Å². The molecule has 0 atom stereocenters. The molecule has 2 rings (SSSR count). The molecular formula is C15H16ClO3P. The monoisotopic (exact) mass is 310 g/mol. The van der Waals surface area contributed by atoms with Crippen LogP contribution in [-0.2, 0) is 4.57 Å². The summed E-state index contributed by atoms with van der Waals surface area (Å²) in [4.78, 5) is 0. The fourth-order valence-electron chi connectivity index (χ4n) is 1.59. The minimum Gasteiger partial charge on any atom is -0.415 e. The Hall–Kier alpha value is -1.44. The Bertz CT molecular complexity index is 557. The second kappa shape index (κ2) is 6.34. The minimum atomic E-state index is -3.41. The van der Waals surface area contributed by atoms with Crippen LogP contribution in [-0.4, -0.2) is 5.62 Å². The lowest BCUT2D eigenvalue weighted by Gasteiger charge is -2.18. The van der Waals surface area contributed by atoms with Crippen molar-refractivity contribution >= 4 is 19.2 Å². The molecule has 0 aliphatic carbocycles. The van der Waals surface area contributed by atoms with Crippen LogP contribution in [0.15, 0.2) is 48.5 Å². The Morgan fingerprint density at radius 3 is 1.50 bits per heavy atom. The molecule has 0 heterocycles. The summed E-state index contributed by atoms with van der Waals surface area (Å²) in [6.45, 7) is 3.93. The van der Waals surface area contributed by atoms with Crippen molar-refractivity contribution in [3.63, 3.8) is 0 Å². The number of benzene rings is 2. The van der Waals surface area contributed by atoms with E-state index in [2.05, 4.69) is 0 Å². The number of alkyl halides is 1. The third kappa shape index (κ3) is 4.03. The fraction of sp³-hybridized carbons (Fsp3) is 0.200. The molecule has 2 aromatic rings.